The highest BCUT2D eigenvalue weighted by Gasteiger charge is 2.32. The van der Waals surface area contributed by atoms with Crippen molar-refractivity contribution in [1.82, 2.24) is 10.2 Å². The van der Waals surface area contributed by atoms with Crippen LogP contribution < -0.4 is 24.3 Å². The van der Waals surface area contributed by atoms with Gasteiger partial charge in [-0.2, -0.15) is 0 Å². The van der Waals surface area contributed by atoms with E-state index in [1.54, 1.807) is 26.4 Å². The summed E-state index contributed by atoms with van der Waals surface area (Å²) in [6.07, 6.45) is 10.8. The molecule has 0 radical (unpaired) electrons. The first kappa shape index (κ1) is 35.0. The molecule has 3 aromatic rings. The van der Waals surface area contributed by atoms with Crippen molar-refractivity contribution in [1.29, 1.82) is 0 Å². The summed E-state index contributed by atoms with van der Waals surface area (Å²) in [5.41, 5.74) is 3.16. The van der Waals surface area contributed by atoms with E-state index in [1.165, 1.54) is 37.8 Å². The number of benzene rings is 3. The molecule has 1 N–H and O–H groups in total. The summed E-state index contributed by atoms with van der Waals surface area (Å²) in [5.74, 6) is 3.62. The number of nitro benzene ring substituents is 1. The molecule has 0 spiro atoms. The minimum Gasteiger partial charge on any atom is -0.493 e. The molecular formula is C39H47N3O8. The average Bonchev–Trinajstić information content (AvgIpc) is 3.96. The Morgan fingerprint density at radius 3 is 1.76 bits per heavy atom. The fourth-order valence-corrected chi connectivity index (χ4v) is 7.38. The molecule has 3 aromatic carbocycles. The molecule has 0 unspecified atom stereocenters. The highest BCUT2D eigenvalue weighted by atomic mass is 16.6. The Labute approximate surface area is 293 Å². The average molecular weight is 686 g/mol. The second-order valence-electron chi connectivity index (χ2n) is 13.7. The Kier molecular flexibility index (Phi) is 11.4. The van der Waals surface area contributed by atoms with Gasteiger partial charge in [0.1, 0.15) is 0 Å². The van der Waals surface area contributed by atoms with E-state index in [1.807, 2.05) is 41.3 Å². The van der Waals surface area contributed by atoms with Crippen molar-refractivity contribution >= 4 is 17.5 Å². The van der Waals surface area contributed by atoms with Crippen molar-refractivity contribution in [3.8, 4) is 23.0 Å². The van der Waals surface area contributed by atoms with Crippen LogP contribution in [0.15, 0.2) is 60.7 Å². The second kappa shape index (κ2) is 16.3. The molecule has 2 heterocycles. The predicted molar refractivity (Wildman–Crippen MR) is 188 cm³/mol. The molecule has 0 aromatic heterocycles. The van der Waals surface area contributed by atoms with Crippen molar-refractivity contribution in [2.24, 2.45) is 0 Å². The number of carbonyl (C=O) groups is 2. The smallest absolute Gasteiger partial charge is 0.269 e. The van der Waals surface area contributed by atoms with Crippen LogP contribution >= 0.6 is 0 Å². The number of hydrogen-bond acceptors (Lipinski definition) is 8. The van der Waals surface area contributed by atoms with E-state index in [0.717, 1.165) is 65.4 Å². The molecule has 4 aliphatic rings. The zero-order valence-electron chi connectivity index (χ0n) is 28.9. The minimum absolute atomic E-state index is 0.0531. The molecule has 2 saturated heterocycles. The number of nitro groups is 1. The lowest BCUT2D eigenvalue weighted by molar-refractivity contribution is -0.384. The molecular weight excluding hydrogens is 638 g/mol. The summed E-state index contributed by atoms with van der Waals surface area (Å²) in [6, 6.07) is 18.3. The highest BCUT2D eigenvalue weighted by molar-refractivity contribution is 5.80. The van der Waals surface area contributed by atoms with Gasteiger partial charge in [0.15, 0.2) is 23.0 Å². The van der Waals surface area contributed by atoms with Crippen molar-refractivity contribution in [3.05, 3.63) is 87.5 Å². The lowest BCUT2D eigenvalue weighted by atomic mass is 9.98. The third-order valence-electron chi connectivity index (χ3n) is 10.2. The zero-order chi connectivity index (χ0) is 35.0. The molecule has 11 nitrogen and oxygen atoms in total. The van der Waals surface area contributed by atoms with Crippen molar-refractivity contribution in [2.45, 2.75) is 94.8 Å². The first-order valence-electron chi connectivity index (χ1n) is 17.8. The second-order valence-corrected chi connectivity index (χ2v) is 13.7. The van der Waals surface area contributed by atoms with Gasteiger partial charge in [0.2, 0.25) is 11.8 Å². The normalized spacial score (nSPS) is 20.7. The van der Waals surface area contributed by atoms with E-state index in [-0.39, 0.29) is 35.4 Å². The van der Waals surface area contributed by atoms with Gasteiger partial charge in [0, 0.05) is 56.4 Å². The highest BCUT2D eigenvalue weighted by Crippen LogP contribution is 2.38. The van der Waals surface area contributed by atoms with Crippen LogP contribution in [0, 0.1) is 10.1 Å². The fraction of sp³-hybridized carbons (Fsp3) is 0.487. The Morgan fingerprint density at radius 2 is 1.28 bits per heavy atom. The van der Waals surface area contributed by atoms with Crippen LogP contribution in [-0.4, -0.2) is 61.2 Å². The summed E-state index contributed by atoms with van der Waals surface area (Å²) in [7, 11) is 3.30. The number of ether oxygens (including phenoxy) is 4. The quantitative estimate of drug-likeness (QED) is 0.168. The Hall–Kier alpha value is -4.80. The SMILES string of the molecule is COc1ccc([C@@H]2CC(=O)N(Cc3ccc([N+](=O)[O-])cc3)C2)cc1OC1CCCC1.COc1ccc([C@H]2CNC(=O)C2)cc1OC1CCCC1. The molecule has 2 aliphatic heterocycles. The third-order valence-corrected chi connectivity index (χ3v) is 10.2. The summed E-state index contributed by atoms with van der Waals surface area (Å²) in [5, 5.41) is 13.7. The van der Waals surface area contributed by atoms with Gasteiger partial charge < -0.3 is 29.2 Å². The Balaban J connectivity index is 0.000000187. The third kappa shape index (κ3) is 8.67. The zero-order valence-corrected chi connectivity index (χ0v) is 28.9. The van der Waals surface area contributed by atoms with E-state index in [9.17, 15) is 19.7 Å². The molecule has 2 atom stereocenters. The first-order valence-corrected chi connectivity index (χ1v) is 17.8. The van der Waals surface area contributed by atoms with Crippen LogP contribution in [0.2, 0.25) is 0 Å². The molecule has 11 heteroatoms. The van der Waals surface area contributed by atoms with E-state index in [2.05, 4.69) is 5.32 Å². The van der Waals surface area contributed by atoms with Gasteiger partial charge in [-0.25, -0.2) is 0 Å². The molecule has 0 bridgehead atoms. The molecule has 4 fully saturated rings. The largest absolute Gasteiger partial charge is 0.493 e. The number of likely N-dealkylation sites (tertiary alicyclic amines) is 1. The number of carbonyl (C=O) groups excluding carboxylic acids is 2. The minimum atomic E-state index is -0.421. The van der Waals surface area contributed by atoms with Gasteiger partial charge in [-0.1, -0.05) is 24.3 Å². The van der Waals surface area contributed by atoms with E-state index in [0.29, 0.717) is 38.6 Å². The number of rotatable bonds is 11. The number of non-ortho nitro benzene ring substituents is 1. The summed E-state index contributed by atoms with van der Waals surface area (Å²) in [6.45, 7) is 1.79. The maximum Gasteiger partial charge on any atom is 0.269 e. The monoisotopic (exact) mass is 685 g/mol. The molecule has 2 aliphatic carbocycles. The van der Waals surface area contributed by atoms with E-state index >= 15 is 0 Å². The first-order chi connectivity index (χ1) is 24.3. The van der Waals surface area contributed by atoms with Crippen LogP contribution in [-0.2, 0) is 16.1 Å². The van der Waals surface area contributed by atoms with Crippen LogP contribution in [0.5, 0.6) is 23.0 Å². The van der Waals surface area contributed by atoms with Gasteiger partial charge in [0.25, 0.3) is 5.69 Å². The van der Waals surface area contributed by atoms with Crippen molar-refractivity contribution in [2.75, 3.05) is 27.3 Å². The van der Waals surface area contributed by atoms with Crippen LogP contribution in [0.4, 0.5) is 5.69 Å². The molecule has 7 rings (SSSR count). The van der Waals surface area contributed by atoms with Crippen LogP contribution in [0.25, 0.3) is 0 Å². The topological polar surface area (TPSA) is 129 Å². The summed E-state index contributed by atoms with van der Waals surface area (Å²) >= 11 is 0. The van der Waals surface area contributed by atoms with Crippen molar-refractivity contribution < 1.29 is 33.5 Å². The maximum absolute atomic E-state index is 12.6. The summed E-state index contributed by atoms with van der Waals surface area (Å²) < 4.78 is 23.2. The molecule has 50 heavy (non-hydrogen) atoms. The van der Waals surface area contributed by atoms with E-state index in [4.69, 9.17) is 18.9 Å². The number of nitrogens with one attached hydrogen (secondary N) is 1. The van der Waals surface area contributed by atoms with E-state index < -0.39 is 4.92 Å². The van der Waals surface area contributed by atoms with Gasteiger partial charge >= 0.3 is 0 Å². The Morgan fingerprint density at radius 1 is 0.740 bits per heavy atom. The van der Waals surface area contributed by atoms with Gasteiger partial charge in [-0.3, -0.25) is 19.7 Å². The fourth-order valence-electron chi connectivity index (χ4n) is 7.38. The van der Waals surface area contributed by atoms with Crippen LogP contribution in [0.1, 0.15) is 92.7 Å². The number of methoxy groups -OCH3 is 2. The standard InChI is InChI=1S/C23H26N2O5.C16H21NO3/c1-29-21-11-8-17(12-22(21)30-20-4-2-3-5-20)18-13-23(26)24(15-18)14-16-6-9-19(10-7-16)25(27)28;1-19-14-7-6-11(12-9-16(18)17-10-12)8-15(14)20-13-4-2-3-5-13/h6-12,18,20H,2-5,13-15H2,1H3;6-8,12-13H,2-5,9-10H2,1H3,(H,17,18)/t18-;12-/m11/s1. The maximum atomic E-state index is 12.6. The lowest BCUT2D eigenvalue weighted by Crippen LogP contribution is -2.24. The molecule has 266 valence electrons. The number of hydrogen-bond donors (Lipinski definition) is 1. The van der Waals surface area contributed by atoms with Gasteiger partial charge in [-0.05, 0) is 92.3 Å². The number of nitrogens with zero attached hydrogens (tertiary/aromatic N) is 2. The van der Waals surface area contributed by atoms with Gasteiger partial charge in [0.05, 0.1) is 31.4 Å². The molecule has 2 saturated carbocycles. The lowest BCUT2D eigenvalue weighted by Gasteiger charge is -2.19. The summed E-state index contributed by atoms with van der Waals surface area (Å²) in [4.78, 5) is 36.1. The molecule has 2 amide bonds. The number of amides is 2. The van der Waals surface area contributed by atoms with Gasteiger partial charge in [-0.15, -0.1) is 0 Å². The Bertz CT molecular complexity index is 1650. The van der Waals surface area contributed by atoms with Crippen LogP contribution in [0.3, 0.4) is 0 Å². The predicted octanol–water partition coefficient (Wildman–Crippen LogP) is 7.06. The van der Waals surface area contributed by atoms with Crippen molar-refractivity contribution in [3.63, 3.8) is 0 Å².